The third kappa shape index (κ3) is 3.23. The molecule has 120 valence electrons. The summed E-state index contributed by atoms with van der Waals surface area (Å²) in [5.41, 5.74) is 7.40. The lowest BCUT2D eigenvalue weighted by Crippen LogP contribution is -2.63. The first-order valence-electron chi connectivity index (χ1n) is 7.54. The maximum absolute atomic E-state index is 12.1. The van der Waals surface area contributed by atoms with Crippen LogP contribution >= 0.6 is 15.9 Å². The van der Waals surface area contributed by atoms with E-state index in [9.17, 15) is 4.79 Å². The first kappa shape index (κ1) is 16.0. The number of carbonyl (C=O) groups excluding carboxylic acids is 1. The second-order valence-electron chi connectivity index (χ2n) is 5.74. The highest BCUT2D eigenvalue weighted by atomic mass is 79.9. The Morgan fingerprint density at radius 1 is 1.26 bits per heavy atom. The highest BCUT2D eigenvalue weighted by Gasteiger charge is 2.42. The number of hydrogen-bond acceptors (Lipinski definition) is 3. The summed E-state index contributed by atoms with van der Waals surface area (Å²) in [4.78, 5) is 18.0. The van der Waals surface area contributed by atoms with E-state index in [0.29, 0.717) is 19.5 Å². The molecule has 1 aliphatic rings. The van der Waals surface area contributed by atoms with Gasteiger partial charge in [-0.05, 0) is 35.4 Å². The van der Waals surface area contributed by atoms with E-state index in [4.69, 9.17) is 5.73 Å². The van der Waals surface area contributed by atoms with E-state index in [2.05, 4.69) is 26.2 Å². The van der Waals surface area contributed by atoms with Crippen LogP contribution in [-0.4, -0.2) is 35.5 Å². The molecule has 1 fully saturated rings. The van der Waals surface area contributed by atoms with Crippen molar-refractivity contribution in [3.8, 4) is 0 Å². The average Bonchev–Trinajstić information content (AvgIpc) is 2.56. The predicted octanol–water partition coefficient (Wildman–Crippen LogP) is 2.27. The molecule has 6 heteroatoms. The molecule has 0 saturated carbocycles. The van der Waals surface area contributed by atoms with Gasteiger partial charge in [0.15, 0.2) is 0 Å². The zero-order chi connectivity index (χ0) is 16.3. The smallest absolute Gasteiger partial charge is 0.315 e. The van der Waals surface area contributed by atoms with Crippen molar-refractivity contribution in [2.45, 2.75) is 12.0 Å². The molecule has 3 rings (SSSR count). The van der Waals surface area contributed by atoms with Gasteiger partial charge < -0.3 is 16.0 Å². The van der Waals surface area contributed by atoms with Crippen LogP contribution < -0.4 is 11.1 Å². The van der Waals surface area contributed by atoms with E-state index in [1.165, 1.54) is 0 Å². The van der Waals surface area contributed by atoms with Crippen LogP contribution in [0.5, 0.6) is 0 Å². The van der Waals surface area contributed by atoms with Crippen LogP contribution in [0.1, 0.15) is 11.1 Å². The number of nitrogens with one attached hydrogen (secondary N) is 1. The van der Waals surface area contributed by atoms with Gasteiger partial charge in [0, 0.05) is 42.9 Å². The van der Waals surface area contributed by atoms with E-state index in [0.717, 1.165) is 22.1 Å². The second kappa shape index (κ2) is 6.68. The maximum Gasteiger partial charge on any atom is 0.315 e. The molecule has 0 radical (unpaired) electrons. The fraction of sp³-hybridized carbons (Fsp3) is 0.294. The molecular weight excluding hydrogens is 356 g/mol. The zero-order valence-corrected chi connectivity index (χ0v) is 14.3. The Morgan fingerprint density at radius 3 is 2.61 bits per heavy atom. The molecule has 23 heavy (non-hydrogen) atoms. The van der Waals surface area contributed by atoms with Gasteiger partial charge in [-0.3, -0.25) is 4.98 Å². The normalized spacial score (nSPS) is 21.2. The Morgan fingerprint density at radius 2 is 1.96 bits per heavy atom. The van der Waals surface area contributed by atoms with Crippen LogP contribution in [0.25, 0.3) is 0 Å². The van der Waals surface area contributed by atoms with E-state index < -0.39 is 5.54 Å². The van der Waals surface area contributed by atoms with Crippen molar-refractivity contribution < 1.29 is 4.79 Å². The molecule has 0 aliphatic carbocycles. The van der Waals surface area contributed by atoms with Crippen molar-refractivity contribution in [1.29, 1.82) is 0 Å². The largest absolute Gasteiger partial charge is 0.351 e. The number of nitrogens with two attached hydrogens (primary N) is 1. The number of rotatable bonds is 3. The van der Waals surface area contributed by atoms with Gasteiger partial charge in [0.2, 0.25) is 0 Å². The van der Waals surface area contributed by atoms with Gasteiger partial charge in [0.1, 0.15) is 0 Å². The van der Waals surface area contributed by atoms with Gasteiger partial charge in [-0.25, -0.2) is 4.79 Å². The Labute approximate surface area is 144 Å². The maximum atomic E-state index is 12.1. The summed E-state index contributed by atoms with van der Waals surface area (Å²) >= 11 is 3.47. The monoisotopic (exact) mass is 374 g/mol. The number of hydrogen-bond donors (Lipinski definition) is 2. The van der Waals surface area contributed by atoms with Crippen molar-refractivity contribution in [2.75, 3.05) is 19.6 Å². The Bertz CT molecular complexity index is 677. The Balaban J connectivity index is 2.07. The number of amides is 2. The lowest BCUT2D eigenvalue weighted by atomic mass is 9.81. The van der Waals surface area contributed by atoms with Crippen molar-refractivity contribution in [3.05, 3.63) is 64.4 Å². The predicted molar refractivity (Wildman–Crippen MR) is 92.9 cm³/mol. The fourth-order valence-corrected chi connectivity index (χ4v) is 3.50. The molecule has 1 unspecified atom stereocenters. The van der Waals surface area contributed by atoms with Crippen LogP contribution in [0.3, 0.4) is 0 Å². The first-order chi connectivity index (χ1) is 11.1. The SMILES string of the molecule is NC(=O)N1CCNCC1(Cc1ccncc1)c1ccc(Br)cc1. The summed E-state index contributed by atoms with van der Waals surface area (Å²) in [5.74, 6) is 0. The van der Waals surface area contributed by atoms with Gasteiger partial charge in [0.25, 0.3) is 0 Å². The number of nitrogens with zero attached hydrogens (tertiary/aromatic N) is 2. The molecule has 5 nitrogen and oxygen atoms in total. The second-order valence-corrected chi connectivity index (χ2v) is 6.65. The summed E-state index contributed by atoms with van der Waals surface area (Å²) in [6, 6.07) is 11.7. The minimum absolute atomic E-state index is 0.386. The summed E-state index contributed by atoms with van der Waals surface area (Å²) in [7, 11) is 0. The van der Waals surface area contributed by atoms with Crippen molar-refractivity contribution in [3.63, 3.8) is 0 Å². The van der Waals surface area contributed by atoms with Crippen molar-refractivity contribution in [1.82, 2.24) is 15.2 Å². The molecule has 1 saturated heterocycles. The fourth-order valence-electron chi connectivity index (χ4n) is 3.23. The number of primary amides is 1. The Kier molecular flexibility index (Phi) is 4.63. The molecule has 1 aromatic heterocycles. The summed E-state index contributed by atoms with van der Waals surface area (Å²) in [6.45, 7) is 2.01. The standard InChI is InChI=1S/C17H19BrN4O/c18-15-3-1-14(2-4-15)17(11-13-5-7-20-8-6-13)12-21-9-10-22(17)16(19)23/h1-8,21H,9-12H2,(H2,19,23). The highest BCUT2D eigenvalue weighted by Crippen LogP contribution is 2.34. The van der Waals surface area contributed by atoms with Crippen LogP contribution in [0.15, 0.2) is 53.3 Å². The number of urea groups is 1. The number of aromatic nitrogens is 1. The lowest BCUT2D eigenvalue weighted by Gasteiger charge is -2.47. The van der Waals surface area contributed by atoms with Crippen molar-refractivity contribution >= 4 is 22.0 Å². The molecule has 0 spiro atoms. The first-order valence-corrected chi connectivity index (χ1v) is 8.34. The number of pyridine rings is 1. The van der Waals surface area contributed by atoms with Crippen LogP contribution in [0, 0.1) is 0 Å². The Hall–Kier alpha value is -1.92. The molecular formula is C17H19BrN4O. The van der Waals surface area contributed by atoms with Gasteiger partial charge in [-0.1, -0.05) is 28.1 Å². The highest BCUT2D eigenvalue weighted by molar-refractivity contribution is 9.10. The minimum atomic E-state index is -0.494. The van der Waals surface area contributed by atoms with E-state index in [1.807, 2.05) is 36.4 Å². The van der Waals surface area contributed by atoms with Gasteiger partial charge in [-0.2, -0.15) is 0 Å². The molecule has 1 aromatic carbocycles. The number of piperazine rings is 1. The van der Waals surface area contributed by atoms with Crippen LogP contribution in [0.2, 0.25) is 0 Å². The summed E-state index contributed by atoms with van der Waals surface area (Å²) < 4.78 is 1.01. The van der Waals surface area contributed by atoms with Gasteiger partial charge in [-0.15, -0.1) is 0 Å². The third-order valence-corrected chi connectivity index (χ3v) is 4.87. The number of benzene rings is 1. The minimum Gasteiger partial charge on any atom is -0.351 e. The average molecular weight is 375 g/mol. The van der Waals surface area contributed by atoms with Gasteiger partial charge in [0.05, 0.1) is 5.54 Å². The molecule has 3 N–H and O–H groups in total. The van der Waals surface area contributed by atoms with Gasteiger partial charge >= 0.3 is 6.03 Å². The van der Waals surface area contributed by atoms with E-state index in [1.54, 1.807) is 17.3 Å². The molecule has 1 atom stereocenters. The summed E-state index contributed by atoms with van der Waals surface area (Å²) in [6.07, 6.45) is 4.23. The summed E-state index contributed by atoms with van der Waals surface area (Å²) in [5, 5.41) is 3.42. The van der Waals surface area contributed by atoms with Crippen molar-refractivity contribution in [2.24, 2.45) is 5.73 Å². The molecule has 2 amide bonds. The molecule has 0 bridgehead atoms. The lowest BCUT2D eigenvalue weighted by molar-refractivity contribution is 0.0911. The molecule has 1 aliphatic heterocycles. The number of carbonyl (C=O) groups is 1. The quantitative estimate of drug-likeness (QED) is 0.865. The van der Waals surface area contributed by atoms with E-state index in [-0.39, 0.29) is 6.03 Å². The molecule has 2 aromatic rings. The third-order valence-electron chi connectivity index (χ3n) is 4.34. The molecule has 2 heterocycles. The topological polar surface area (TPSA) is 71.2 Å². The zero-order valence-electron chi connectivity index (χ0n) is 12.7. The van der Waals surface area contributed by atoms with Crippen LogP contribution in [0.4, 0.5) is 4.79 Å². The van der Waals surface area contributed by atoms with Crippen LogP contribution in [-0.2, 0) is 12.0 Å². The number of halogens is 1. The van der Waals surface area contributed by atoms with E-state index >= 15 is 0 Å².